The third-order valence-corrected chi connectivity index (χ3v) is 5.80. The number of thioether (sulfide) groups is 1. The lowest BCUT2D eigenvalue weighted by Gasteiger charge is -2.24. The molecule has 0 spiro atoms. The van der Waals surface area contributed by atoms with Crippen LogP contribution in [0.5, 0.6) is 0 Å². The van der Waals surface area contributed by atoms with Gasteiger partial charge in [0.2, 0.25) is 11.1 Å². The van der Waals surface area contributed by atoms with Crippen LogP contribution in [0.25, 0.3) is 11.4 Å². The van der Waals surface area contributed by atoms with Crippen molar-refractivity contribution in [3.63, 3.8) is 0 Å². The number of aryl methyl sites for hydroxylation is 1. The van der Waals surface area contributed by atoms with Gasteiger partial charge in [-0.1, -0.05) is 71.9 Å². The highest BCUT2D eigenvalue weighted by Crippen LogP contribution is 2.36. The Balaban J connectivity index is 1.93. The fourth-order valence-electron chi connectivity index (χ4n) is 2.95. The predicted octanol–water partition coefficient (Wildman–Crippen LogP) is 3.67. The van der Waals surface area contributed by atoms with Crippen LogP contribution in [0.2, 0.25) is 0 Å². The van der Waals surface area contributed by atoms with Crippen molar-refractivity contribution in [1.82, 2.24) is 19.8 Å². The van der Waals surface area contributed by atoms with Crippen LogP contribution in [0.1, 0.15) is 30.2 Å². The highest BCUT2D eigenvalue weighted by molar-refractivity contribution is 8.00. The van der Waals surface area contributed by atoms with Crippen LogP contribution in [0.4, 0.5) is 0 Å². The van der Waals surface area contributed by atoms with Gasteiger partial charge >= 0.3 is 0 Å². The zero-order valence-electron chi connectivity index (χ0n) is 16.4. The van der Waals surface area contributed by atoms with E-state index >= 15 is 0 Å². The van der Waals surface area contributed by atoms with Gasteiger partial charge in [-0.3, -0.25) is 4.79 Å². The van der Waals surface area contributed by atoms with E-state index in [9.17, 15) is 4.79 Å². The van der Waals surface area contributed by atoms with Gasteiger partial charge in [0.15, 0.2) is 5.82 Å². The van der Waals surface area contributed by atoms with E-state index < -0.39 is 5.25 Å². The molecule has 1 amide bonds. The third-order valence-electron chi connectivity index (χ3n) is 4.60. The second-order valence-corrected chi connectivity index (χ2v) is 7.53. The van der Waals surface area contributed by atoms with Crippen LogP contribution in [0, 0.1) is 6.92 Å². The van der Waals surface area contributed by atoms with E-state index in [-0.39, 0.29) is 5.91 Å². The molecule has 0 aliphatic heterocycles. The van der Waals surface area contributed by atoms with Crippen molar-refractivity contribution in [2.45, 2.75) is 31.2 Å². The Morgan fingerprint density at radius 1 is 1.07 bits per heavy atom. The number of nitrogens with zero attached hydrogens (tertiary/aromatic N) is 4. The quantitative estimate of drug-likeness (QED) is 0.488. The highest BCUT2D eigenvalue weighted by atomic mass is 32.2. The summed E-state index contributed by atoms with van der Waals surface area (Å²) in [6.07, 6.45) is 0. The molecule has 7 heteroatoms. The Morgan fingerprint density at radius 2 is 1.71 bits per heavy atom. The Labute approximate surface area is 169 Å². The van der Waals surface area contributed by atoms with Gasteiger partial charge in [-0.25, -0.2) is 4.68 Å². The van der Waals surface area contributed by atoms with Gasteiger partial charge in [0.05, 0.1) is 0 Å². The van der Waals surface area contributed by atoms with Crippen molar-refractivity contribution in [1.29, 1.82) is 0 Å². The molecule has 0 radical (unpaired) electrons. The maximum atomic E-state index is 13.1. The first-order valence-corrected chi connectivity index (χ1v) is 10.2. The first-order chi connectivity index (χ1) is 13.5. The number of amides is 1. The summed E-state index contributed by atoms with van der Waals surface area (Å²) in [5.74, 6) is 6.90. The van der Waals surface area contributed by atoms with Crippen molar-refractivity contribution >= 4 is 17.7 Å². The number of benzene rings is 2. The van der Waals surface area contributed by atoms with E-state index in [0.717, 1.165) is 16.7 Å². The molecule has 2 aromatic carbocycles. The molecule has 1 heterocycles. The standard InChI is InChI=1S/C21H25N5OS/c1-4-25(5-2)20(27)18(16-9-7-6-8-10-16)28-21-24-23-19(26(21)22)17-13-11-15(3)12-14-17/h6-14,18H,4-5,22H2,1-3H3/t18-/m1/s1. The predicted molar refractivity (Wildman–Crippen MR) is 113 cm³/mol. The largest absolute Gasteiger partial charge is 0.342 e. The molecule has 1 aromatic heterocycles. The molecule has 28 heavy (non-hydrogen) atoms. The van der Waals surface area contributed by atoms with Gasteiger partial charge in [0, 0.05) is 18.7 Å². The monoisotopic (exact) mass is 395 g/mol. The van der Waals surface area contributed by atoms with Crippen LogP contribution in [0.3, 0.4) is 0 Å². The minimum absolute atomic E-state index is 0.0427. The van der Waals surface area contributed by atoms with Gasteiger partial charge in [-0.05, 0) is 26.3 Å². The minimum Gasteiger partial charge on any atom is -0.342 e. The summed E-state index contributed by atoms with van der Waals surface area (Å²) in [6, 6.07) is 17.7. The average molecular weight is 396 g/mol. The number of rotatable bonds is 7. The normalized spacial score (nSPS) is 12.0. The fraction of sp³-hybridized carbons (Fsp3) is 0.286. The summed E-state index contributed by atoms with van der Waals surface area (Å²) in [6.45, 7) is 7.30. The summed E-state index contributed by atoms with van der Waals surface area (Å²) in [5.41, 5.74) is 2.97. The van der Waals surface area contributed by atoms with E-state index in [1.54, 1.807) is 0 Å². The smallest absolute Gasteiger partial charge is 0.240 e. The lowest BCUT2D eigenvalue weighted by molar-refractivity contribution is -0.130. The number of nitrogen functional groups attached to an aromatic ring is 1. The molecule has 0 saturated carbocycles. The molecular formula is C21H25N5OS. The van der Waals surface area contributed by atoms with Crippen molar-refractivity contribution in [3.8, 4) is 11.4 Å². The Kier molecular flexibility index (Phi) is 6.36. The lowest BCUT2D eigenvalue weighted by atomic mass is 10.1. The van der Waals surface area contributed by atoms with E-state index in [0.29, 0.717) is 24.1 Å². The third kappa shape index (κ3) is 4.20. The Bertz CT molecular complexity index is 920. The summed E-state index contributed by atoms with van der Waals surface area (Å²) in [5, 5.41) is 8.58. The Morgan fingerprint density at radius 3 is 2.32 bits per heavy atom. The van der Waals surface area contributed by atoms with Crippen LogP contribution in [-0.2, 0) is 4.79 Å². The SMILES string of the molecule is CCN(CC)C(=O)[C@H](Sc1nnc(-c2ccc(C)cc2)n1N)c1ccccc1. The molecule has 3 aromatic rings. The van der Waals surface area contributed by atoms with Gasteiger partial charge in [-0.15, -0.1) is 10.2 Å². The number of carbonyl (C=O) groups is 1. The minimum atomic E-state index is -0.432. The van der Waals surface area contributed by atoms with E-state index in [1.165, 1.54) is 16.4 Å². The number of nitrogens with two attached hydrogens (primary N) is 1. The Hall–Kier alpha value is -2.80. The summed E-state index contributed by atoms with van der Waals surface area (Å²) in [7, 11) is 0. The average Bonchev–Trinajstić information content (AvgIpc) is 3.08. The molecular weight excluding hydrogens is 370 g/mol. The molecule has 0 unspecified atom stereocenters. The molecule has 0 saturated heterocycles. The van der Waals surface area contributed by atoms with Gasteiger partial charge in [-0.2, -0.15) is 0 Å². The van der Waals surface area contributed by atoms with Crippen LogP contribution in [-0.4, -0.2) is 38.8 Å². The van der Waals surface area contributed by atoms with Crippen LogP contribution < -0.4 is 5.84 Å². The number of carbonyl (C=O) groups excluding carboxylic acids is 1. The number of hydrogen-bond acceptors (Lipinski definition) is 5. The second kappa shape index (κ2) is 8.93. The molecule has 0 fully saturated rings. The van der Waals surface area contributed by atoms with E-state index in [2.05, 4.69) is 10.2 Å². The van der Waals surface area contributed by atoms with Gasteiger partial charge in [0.25, 0.3) is 0 Å². The molecule has 0 bridgehead atoms. The van der Waals surface area contributed by atoms with E-state index in [4.69, 9.17) is 5.84 Å². The molecule has 2 N–H and O–H groups in total. The van der Waals surface area contributed by atoms with Crippen molar-refractivity contribution in [2.24, 2.45) is 0 Å². The zero-order valence-corrected chi connectivity index (χ0v) is 17.2. The first kappa shape index (κ1) is 19.9. The molecule has 1 atom stereocenters. The van der Waals surface area contributed by atoms with Crippen LogP contribution >= 0.6 is 11.8 Å². The molecule has 6 nitrogen and oxygen atoms in total. The van der Waals surface area contributed by atoms with Gasteiger partial charge in [0.1, 0.15) is 5.25 Å². The summed E-state index contributed by atoms with van der Waals surface area (Å²) >= 11 is 1.33. The first-order valence-electron chi connectivity index (χ1n) is 9.33. The topological polar surface area (TPSA) is 77.0 Å². The molecule has 0 aliphatic rings. The van der Waals surface area contributed by atoms with Gasteiger partial charge < -0.3 is 10.7 Å². The van der Waals surface area contributed by atoms with Crippen molar-refractivity contribution in [2.75, 3.05) is 18.9 Å². The van der Waals surface area contributed by atoms with Crippen LogP contribution in [0.15, 0.2) is 59.8 Å². The maximum absolute atomic E-state index is 13.1. The lowest BCUT2D eigenvalue weighted by Crippen LogP contribution is -2.34. The molecule has 146 valence electrons. The zero-order chi connectivity index (χ0) is 20.1. The second-order valence-electron chi connectivity index (χ2n) is 6.46. The number of hydrogen-bond donors (Lipinski definition) is 1. The summed E-state index contributed by atoms with van der Waals surface area (Å²) in [4.78, 5) is 15.0. The van der Waals surface area contributed by atoms with Crippen molar-refractivity contribution < 1.29 is 4.79 Å². The maximum Gasteiger partial charge on any atom is 0.240 e. The highest BCUT2D eigenvalue weighted by Gasteiger charge is 2.28. The molecule has 3 rings (SSSR count). The summed E-state index contributed by atoms with van der Waals surface area (Å²) < 4.78 is 1.46. The van der Waals surface area contributed by atoms with Crippen molar-refractivity contribution in [3.05, 3.63) is 65.7 Å². The fourth-order valence-corrected chi connectivity index (χ4v) is 3.99. The molecule has 0 aliphatic carbocycles. The van der Waals surface area contributed by atoms with E-state index in [1.807, 2.05) is 80.3 Å². The number of aromatic nitrogens is 3. The number of likely N-dealkylation sites (N-methyl/N-ethyl adjacent to an activating group) is 1.